The minimum absolute atomic E-state index is 0.0123. The molecule has 1 atom stereocenters. The van der Waals surface area contributed by atoms with Crippen LogP contribution in [0.2, 0.25) is 0 Å². The monoisotopic (exact) mass is 282 g/mol. The molecule has 4 heteroatoms. The molecule has 0 radical (unpaired) electrons. The first-order valence-corrected chi connectivity index (χ1v) is 7.01. The lowest BCUT2D eigenvalue weighted by atomic mass is 9.96. The molecule has 4 nitrogen and oxygen atoms in total. The van der Waals surface area contributed by atoms with Crippen molar-refractivity contribution in [1.82, 2.24) is 0 Å². The fourth-order valence-corrected chi connectivity index (χ4v) is 2.73. The molecule has 0 saturated heterocycles. The predicted molar refractivity (Wildman–Crippen MR) is 83.2 cm³/mol. The molecule has 0 bridgehead atoms. The van der Waals surface area contributed by atoms with Gasteiger partial charge in [-0.05, 0) is 29.3 Å². The highest BCUT2D eigenvalue weighted by Gasteiger charge is 2.28. The third-order valence-electron chi connectivity index (χ3n) is 3.88. The molecule has 0 aliphatic carbocycles. The zero-order chi connectivity index (χ0) is 14.8. The first kappa shape index (κ1) is 13.6. The molecule has 108 valence electrons. The number of rotatable bonds is 3. The van der Waals surface area contributed by atoms with Crippen molar-refractivity contribution < 1.29 is 9.90 Å². The van der Waals surface area contributed by atoms with Gasteiger partial charge in [0.25, 0.3) is 0 Å². The number of anilines is 2. The maximum absolute atomic E-state index is 12.1. The number of hydrogen-bond donors (Lipinski definition) is 2. The number of aliphatic hydroxyl groups is 1. The fraction of sp³-hybridized carbons (Fsp3) is 0.235. The molecular formula is C17H18N2O2. The summed E-state index contributed by atoms with van der Waals surface area (Å²) in [6.07, 6.45) is 0.427. The van der Waals surface area contributed by atoms with Gasteiger partial charge >= 0.3 is 0 Å². The van der Waals surface area contributed by atoms with Gasteiger partial charge in [-0.2, -0.15) is 0 Å². The summed E-state index contributed by atoms with van der Waals surface area (Å²) in [7, 11) is 1.81. The smallest absolute Gasteiger partial charge is 0.229 e. The molecule has 1 aliphatic rings. The molecule has 0 saturated carbocycles. The topological polar surface area (TPSA) is 52.6 Å². The second-order valence-corrected chi connectivity index (χ2v) is 5.27. The number of amides is 1. The molecule has 1 aliphatic heterocycles. The van der Waals surface area contributed by atoms with Crippen molar-refractivity contribution in [3.63, 3.8) is 0 Å². The van der Waals surface area contributed by atoms with Crippen LogP contribution >= 0.6 is 0 Å². The molecule has 1 amide bonds. The van der Waals surface area contributed by atoms with Gasteiger partial charge in [-0.15, -0.1) is 0 Å². The van der Waals surface area contributed by atoms with Crippen LogP contribution in [0.25, 0.3) is 0 Å². The molecular weight excluding hydrogens is 264 g/mol. The normalized spacial score (nSPS) is 17.5. The van der Waals surface area contributed by atoms with E-state index in [1.807, 2.05) is 55.6 Å². The Bertz CT molecular complexity index is 669. The maximum atomic E-state index is 12.1. The Morgan fingerprint density at radius 3 is 2.86 bits per heavy atom. The van der Waals surface area contributed by atoms with Crippen molar-refractivity contribution >= 4 is 17.3 Å². The Hall–Kier alpha value is -2.33. The largest absolute Gasteiger partial charge is 0.392 e. The molecule has 3 rings (SSSR count). The van der Waals surface area contributed by atoms with Crippen LogP contribution in [0.1, 0.15) is 23.6 Å². The zero-order valence-corrected chi connectivity index (χ0v) is 11.9. The second-order valence-electron chi connectivity index (χ2n) is 5.27. The van der Waals surface area contributed by atoms with E-state index >= 15 is 0 Å². The molecule has 0 spiro atoms. The van der Waals surface area contributed by atoms with Crippen molar-refractivity contribution in [3.05, 3.63) is 59.7 Å². The number of hydrogen-bond acceptors (Lipinski definition) is 3. The van der Waals surface area contributed by atoms with Crippen LogP contribution in [0.5, 0.6) is 0 Å². The Kier molecular flexibility index (Phi) is 3.62. The van der Waals surface area contributed by atoms with E-state index in [-0.39, 0.29) is 18.6 Å². The number of carbonyl (C=O) groups excluding carboxylic acids is 1. The quantitative estimate of drug-likeness (QED) is 0.910. The maximum Gasteiger partial charge on any atom is 0.229 e. The molecule has 2 aromatic rings. The summed E-state index contributed by atoms with van der Waals surface area (Å²) in [5, 5.41) is 12.6. The van der Waals surface area contributed by atoms with Gasteiger partial charge in [-0.3, -0.25) is 4.79 Å². The van der Waals surface area contributed by atoms with E-state index in [2.05, 4.69) is 5.32 Å². The van der Waals surface area contributed by atoms with Crippen LogP contribution in [0.4, 0.5) is 11.4 Å². The van der Waals surface area contributed by atoms with E-state index in [1.165, 1.54) is 0 Å². The molecule has 1 heterocycles. The van der Waals surface area contributed by atoms with E-state index in [1.54, 1.807) is 4.90 Å². The van der Waals surface area contributed by atoms with Gasteiger partial charge in [-0.25, -0.2) is 0 Å². The Morgan fingerprint density at radius 1 is 1.24 bits per heavy atom. The Labute approximate surface area is 124 Å². The number of nitrogens with zero attached hydrogens (tertiary/aromatic N) is 1. The van der Waals surface area contributed by atoms with Gasteiger partial charge in [0, 0.05) is 18.4 Å². The number of para-hydroxylation sites is 1. The first-order valence-electron chi connectivity index (χ1n) is 7.01. The number of aliphatic hydroxyl groups excluding tert-OH is 1. The van der Waals surface area contributed by atoms with Crippen molar-refractivity contribution in [2.45, 2.75) is 19.1 Å². The highest BCUT2D eigenvalue weighted by molar-refractivity contribution is 5.97. The van der Waals surface area contributed by atoms with E-state index < -0.39 is 0 Å². The summed E-state index contributed by atoms with van der Waals surface area (Å²) >= 11 is 0. The van der Waals surface area contributed by atoms with Crippen LogP contribution < -0.4 is 10.2 Å². The second kappa shape index (κ2) is 5.58. The molecule has 2 N–H and O–H groups in total. The Morgan fingerprint density at radius 2 is 2.05 bits per heavy atom. The van der Waals surface area contributed by atoms with Gasteiger partial charge in [0.15, 0.2) is 0 Å². The summed E-state index contributed by atoms with van der Waals surface area (Å²) < 4.78 is 0. The van der Waals surface area contributed by atoms with E-state index in [9.17, 15) is 9.90 Å². The third kappa shape index (κ3) is 2.62. The minimum Gasteiger partial charge on any atom is -0.392 e. The number of benzene rings is 2. The summed E-state index contributed by atoms with van der Waals surface area (Å²) in [6, 6.07) is 15.5. The molecule has 1 unspecified atom stereocenters. The highest BCUT2D eigenvalue weighted by atomic mass is 16.3. The SMILES string of the molecule is CN1C(=O)CC(Nc2cccc(CO)c2)c2ccccc21. The highest BCUT2D eigenvalue weighted by Crippen LogP contribution is 2.35. The van der Waals surface area contributed by atoms with Gasteiger partial charge in [0.1, 0.15) is 0 Å². The van der Waals surface area contributed by atoms with Crippen molar-refractivity contribution in [1.29, 1.82) is 0 Å². The fourth-order valence-electron chi connectivity index (χ4n) is 2.73. The van der Waals surface area contributed by atoms with Crippen molar-refractivity contribution in [2.24, 2.45) is 0 Å². The average molecular weight is 282 g/mol. The summed E-state index contributed by atoms with van der Waals surface area (Å²) in [4.78, 5) is 13.8. The number of fused-ring (bicyclic) bond motifs is 1. The van der Waals surface area contributed by atoms with Gasteiger partial charge in [0.05, 0.1) is 19.1 Å². The Balaban J connectivity index is 1.92. The van der Waals surface area contributed by atoms with E-state index in [0.717, 1.165) is 22.5 Å². The van der Waals surface area contributed by atoms with Crippen LogP contribution in [0.15, 0.2) is 48.5 Å². The lowest BCUT2D eigenvalue weighted by molar-refractivity contribution is -0.118. The van der Waals surface area contributed by atoms with Crippen molar-refractivity contribution in [3.8, 4) is 0 Å². The molecule has 2 aromatic carbocycles. The lowest BCUT2D eigenvalue weighted by Crippen LogP contribution is -2.35. The van der Waals surface area contributed by atoms with Crippen LogP contribution in [-0.4, -0.2) is 18.1 Å². The molecule has 0 fully saturated rings. The van der Waals surface area contributed by atoms with Crippen LogP contribution in [-0.2, 0) is 11.4 Å². The zero-order valence-electron chi connectivity index (χ0n) is 11.9. The van der Waals surface area contributed by atoms with Gasteiger partial charge in [-0.1, -0.05) is 30.3 Å². The van der Waals surface area contributed by atoms with E-state index in [4.69, 9.17) is 0 Å². The van der Waals surface area contributed by atoms with Crippen molar-refractivity contribution in [2.75, 3.05) is 17.3 Å². The number of carbonyl (C=O) groups is 1. The van der Waals surface area contributed by atoms with Crippen LogP contribution in [0, 0.1) is 0 Å². The molecule has 21 heavy (non-hydrogen) atoms. The summed E-state index contributed by atoms with van der Waals surface area (Å²) in [5.74, 6) is 0.101. The van der Waals surface area contributed by atoms with Gasteiger partial charge in [0.2, 0.25) is 5.91 Å². The minimum atomic E-state index is -0.0427. The summed E-state index contributed by atoms with van der Waals surface area (Å²) in [6.45, 7) is 0.0123. The van der Waals surface area contributed by atoms with Crippen LogP contribution in [0.3, 0.4) is 0 Å². The average Bonchev–Trinajstić information content (AvgIpc) is 2.52. The predicted octanol–water partition coefficient (Wildman–Crippen LogP) is 2.70. The van der Waals surface area contributed by atoms with Gasteiger partial charge < -0.3 is 15.3 Å². The van der Waals surface area contributed by atoms with E-state index in [0.29, 0.717) is 6.42 Å². The first-order chi connectivity index (χ1) is 10.2. The lowest BCUT2D eigenvalue weighted by Gasteiger charge is -2.32. The standard InChI is InChI=1S/C17H18N2O2/c1-19-16-8-3-2-7-14(16)15(10-17(19)21)18-13-6-4-5-12(9-13)11-20/h2-9,15,18,20H,10-11H2,1H3. The summed E-state index contributed by atoms with van der Waals surface area (Å²) in [5.41, 5.74) is 3.84. The molecule has 0 aromatic heterocycles. The number of nitrogens with one attached hydrogen (secondary N) is 1. The third-order valence-corrected chi connectivity index (χ3v) is 3.88.